The van der Waals surface area contributed by atoms with Gasteiger partial charge in [0.25, 0.3) is 5.91 Å². The first-order valence-electron chi connectivity index (χ1n) is 8.71. The van der Waals surface area contributed by atoms with E-state index in [0.29, 0.717) is 12.1 Å². The standard InChI is InChI=1S/C18H15N3O2.C2HF3O2/c22-13-3-1-2-11(8-13)16-9-12(4-6-19-16)17-10-14-15(21-17)5-7-20-18(14)23;3-2(4,5)1(6)7/h1-4,6,8-10,21-22H,5,7H2,(H,20,23);(H,6,7). The Morgan fingerprint density at radius 2 is 1.83 bits per heavy atom. The van der Waals surface area contributed by atoms with Crippen molar-refractivity contribution >= 4 is 11.9 Å². The van der Waals surface area contributed by atoms with Crippen molar-refractivity contribution in [2.45, 2.75) is 12.6 Å². The zero-order valence-electron chi connectivity index (χ0n) is 15.3. The molecule has 7 nitrogen and oxygen atoms in total. The third-order valence-corrected chi connectivity index (χ3v) is 4.26. The van der Waals surface area contributed by atoms with E-state index >= 15 is 0 Å². The van der Waals surface area contributed by atoms with Gasteiger partial charge in [-0.15, -0.1) is 0 Å². The minimum Gasteiger partial charge on any atom is -0.508 e. The molecular formula is C20H16F3N3O4. The molecular weight excluding hydrogens is 403 g/mol. The average Bonchev–Trinajstić information content (AvgIpc) is 3.14. The first kappa shape index (κ1) is 20.9. The Kier molecular flexibility index (Phi) is 5.77. The molecule has 156 valence electrons. The normalized spacial score (nSPS) is 13.0. The molecule has 1 amide bonds. The summed E-state index contributed by atoms with van der Waals surface area (Å²) in [5.74, 6) is -2.58. The number of hydrogen-bond donors (Lipinski definition) is 4. The van der Waals surface area contributed by atoms with Crippen molar-refractivity contribution in [3.8, 4) is 28.3 Å². The summed E-state index contributed by atoms with van der Waals surface area (Å²) in [7, 11) is 0. The topological polar surface area (TPSA) is 115 Å². The van der Waals surface area contributed by atoms with Gasteiger partial charge in [0.05, 0.1) is 11.3 Å². The molecule has 0 aliphatic carbocycles. The molecule has 1 aromatic carbocycles. The van der Waals surface area contributed by atoms with Crippen LogP contribution in [0.25, 0.3) is 22.5 Å². The van der Waals surface area contributed by atoms with Crippen LogP contribution >= 0.6 is 0 Å². The number of hydrogen-bond acceptors (Lipinski definition) is 4. The number of H-pyrrole nitrogens is 1. The predicted molar refractivity (Wildman–Crippen MR) is 101 cm³/mol. The van der Waals surface area contributed by atoms with Gasteiger partial charge in [0, 0.05) is 41.7 Å². The van der Waals surface area contributed by atoms with E-state index in [9.17, 15) is 23.1 Å². The summed E-state index contributed by atoms with van der Waals surface area (Å²) >= 11 is 0. The summed E-state index contributed by atoms with van der Waals surface area (Å²) in [6, 6.07) is 12.7. The number of halogens is 3. The third kappa shape index (κ3) is 4.77. The molecule has 3 heterocycles. The summed E-state index contributed by atoms with van der Waals surface area (Å²) in [6.07, 6.45) is -2.54. The van der Waals surface area contributed by atoms with Gasteiger partial charge in [-0.3, -0.25) is 9.78 Å². The lowest BCUT2D eigenvalue weighted by Crippen LogP contribution is -2.31. The summed E-state index contributed by atoms with van der Waals surface area (Å²) in [5.41, 5.74) is 5.16. The largest absolute Gasteiger partial charge is 0.508 e. The van der Waals surface area contributed by atoms with Gasteiger partial charge in [-0.2, -0.15) is 13.2 Å². The van der Waals surface area contributed by atoms with Crippen LogP contribution in [0.3, 0.4) is 0 Å². The van der Waals surface area contributed by atoms with Gasteiger partial charge >= 0.3 is 12.1 Å². The maximum atomic E-state index is 11.9. The Bertz CT molecular complexity index is 1090. The molecule has 2 aromatic heterocycles. The van der Waals surface area contributed by atoms with E-state index < -0.39 is 12.1 Å². The highest BCUT2D eigenvalue weighted by atomic mass is 19.4. The van der Waals surface area contributed by atoms with E-state index in [1.807, 2.05) is 24.3 Å². The fraction of sp³-hybridized carbons (Fsp3) is 0.150. The fourth-order valence-electron chi connectivity index (χ4n) is 2.87. The number of benzene rings is 1. The molecule has 0 saturated heterocycles. The second-order valence-electron chi connectivity index (χ2n) is 6.36. The molecule has 1 aliphatic heterocycles. The number of aliphatic carboxylic acids is 1. The number of aromatic nitrogens is 2. The van der Waals surface area contributed by atoms with Gasteiger partial charge in [-0.05, 0) is 30.3 Å². The summed E-state index contributed by atoms with van der Waals surface area (Å²) < 4.78 is 31.7. The molecule has 0 spiro atoms. The fourth-order valence-corrected chi connectivity index (χ4v) is 2.87. The van der Waals surface area contributed by atoms with Gasteiger partial charge in [-0.25, -0.2) is 4.79 Å². The first-order valence-corrected chi connectivity index (χ1v) is 8.71. The number of rotatable bonds is 2. The van der Waals surface area contributed by atoms with Crippen LogP contribution in [-0.4, -0.2) is 44.8 Å². The molecule has 0 fully saturated rings. The Labute approximate surface area is 168 Å². The Morgan fingerprint density at radius 1 is 1.10 bits per heavy atom. The van der Waals surface area contributed by atoms with Crippen molar-refractivity contribution in [3.05, 3.63) is 59.9 Å². The number of carbonyl (C=O) groups excluding carboxylic acids is 1. The molecule has 4 N–H and O–H groups in total. The molecule has 3 aromatic rings. The van der Waals surface area contributed by atoms with Crippen molar-refractivity contribution in [1.29, 1.82) is 0 Å². The van der Waals surface area contributed by atoms with E-state index in [1.165, 1.54) is 0 Å². The number of amides is 1. The highest BCUT2D eigenvalue weighted by Gasteiger charge is 2.38. The van der Waals surface area contributed by atoms with E-state index in [4.69, 9.17) is 9.90 Å². The molecule has 10 heteroatoms. The van der Waals surface area contributed by atoms with Crippen molar-refractivity contribution in [1.82, 2.24) is 15.3 Å². The number of carbonyl (C=O) groups is 2. The van der Waals surface area contributed by atoms with Crippen molar-refractivity contribution in [2.24, 2.45) is 0 Å². The molecule has 0 saturated carbocycles. The molecule has 0 radical (unpaired) electrons. The van der Waals surface area contributed by atoms with E-state index in [2.05, 4.69) is 15.3 Å². The number of pyridine rings is 1. The smallest absolute Gasteiger partial charge is 0.490 e. The number of phenols is 1. The number of carboxylic acid groups (broad SMARTS) is 1. The van der Waals surface area contributed by atoms with E-state index in [-0.39, 0.29) is 11.7 Å². The van der Waals surface area contributed by atoms with Crippen molar-refractivity contribution < 1.29 is 33.0 Å². The van der Waals surface area contributed by atoms with Gasteiger partial charge in [0.2, 0.25) is 0 Å². The van der Waals surface area contributed by atoms with Gasteiger partial charge in [-0.1, -0.05) is 12.1 Å². The third-order valence-electron chi connectivity index (χ3n) is 4.26. The lowest BCUT2D eigenvalue weighted by atomic mass is 10.1. The number of carboxylic acids is 1. The monoisotopic (exact) mass is 419 g/mol. The van der Waals surface area contributed by atoms with Crippen LogP contribution in [0.1, 0.15) is 16.1 Å². The number of nitrogens with one attached hydrogen (secondary N) is 2. The van der Waals surface area contributed by atoms with Crippen LogP contribution in [0.2, 0.25) is 0 Å². The molecule has 0 unspecified atom stereocenters. The zero-order valence-corrected chi connectivity index (χ0v) is 15.3. The van der Waals surface area contributed by atoms with Crippen molar-refractivity contribution in [2.75, 3.05) is 6.54 Å². The predicted octanol–water partition coefficient (Wildman–Crippen LogP) is 3.37. The number of aromatic amines is 1. The summed E-state index contributed by atoms with van der Waals surface area (Å²) in [4.78, 5) is 28.5. The van der Waals surface area contributed by atoms with Gasteiger partial charge < -0.3 is 20.5 Å². The lowest BCUT2D eigenvalue weighted by Gasteiger charge is -2.10. The Balaban J connectivity index is 0.000000318. The Morgan fingerprint density at radius 3 is 2.47 bits per heavy atom. The Hall–Kier alpha value is -3.82. The molecule has 1 aliphatic rings. The van der Waals surface area contributed by atoms with E-state index in [0.717, 1.165) is 34.6 Å². The summed E-state index contributed by atoms with van der Waals surface area (Å²) in [6.45, 7) is 0.663. The van der Waals surface area contributed by atoms with Crippen LogP contribution in [0.15, 0.2) is 48.7 Å². The van der Waals surface area contributed by atoms with Gasteiger partial charge in [0.15, 0.2) is 0 Å². The van der Waals surface area contributed by atoms with Crippen LogP contribution in [0.4, 0.5) is 13.2 Å². The zero-order chi connectivity index (χ0) is 21.9. The number of aromatic hydroxyl groups is 1. The van der Waals surface area contributed by atoms with Crippen LogP contribution in [-0.2, 0) is 11.2 Å². The molecule has 30 heavy (non-hydrogen) atoms. The minimum absolute atomic E-state index is 0.0315. The number of fused-ring (bicyclic) bond motifs is 1. The van der Waals surface area contributed by atoms with Crippen LogP contribution in [0, 0.1) is 0 Å². The lowest BCUT2D eigenvalue weighted by molar-refractivity contribution is -0.192. The second kappa shape index (κ2) is 8.27. The number of phenolic OH excluding ortho intramolecular Hbond substituents is 1. The molecule has 4 rings (SSSR count). The highest BCUT2D eigenvalue weighted by molar-refractivity contribution is 5.97. The SMILES string of the molecule is O=C(O)C(F)(F)F.O=C1NCCc2[nH]c(-c3ccnc(-c4cccc(O)c4)c3)cc21. The maximum absolute atomic E-state index is 11.9. The number of alkyl halides is 3. The molecule has 0 bridgehead atoms. The maximum Gasteiger partial charge on any atom is 0.490 e. The van der Waals surface area contributed by atoms with Crippen molar-refractivity contribution in [3.63, 3.8) is 0 Å². The first-order chi connectivity index (χ1) is 14.1. The van der Waals surface area contributed by atoms with E-state index in [1.54, 1.807) is 24.4 Å². The van der Waals surface area contributed by atoms with Gasteiger partial charge in [0.1, 0.15) is 5.75 Å². The second-order valence-corrected chi connectivity index (χ2v) is 6.36. The minimum atomic E-state index is -5.08. The number of nitrogens with zero attached hydrogens (tertiary/aromatic N) is 1. The highest BCUT2D eigenvalue weighted by Crippen LogP contribution is 2.28. The van der Waals surface area contributed by atoms with Crippen LogP contribution < -0.4 is 5.32 Å². The van der Waals surface area contributed by atoms with Crippen LogP contribution in [0.5, 0.6) is 5.75 Å². The quantitative estimate of drug-likeness (QED) is 0.508. The summed E-state index contributed by atoms with van der Waals surface area (Å²) in [5, 5.41) is 19.6. The molecule has 0 atom stereocenters. The average molecular weight is 419 g/mol.